The lowest BCUT2D eigenvalue weighted by Crippen LogP contribution is -2.52. The van der Waals surface area contributed by atoms with Crippen LogP contribution in [0.25, 0.3) is 0 Å². The van der Waals surface area contributed by atoms with Crippen LogP contribution >= 0.6 is 35.6 Å². The van der Waals surface area contributed by atoms with Crippen LogP contribution < -0.4 is 10.0 Å². The van der Waals surface area contributed by atoms with E-state index in [9.17, 15) is 13.2 Å². The van der Waals surface area contributed by atoms with Crippen LogP contribution in [0.4, 0.5) is 0 Å². The van der Waals surface area contributed by atoms with Crippen LogP contribution in [0, 0.1) is 0 Å². The van der Waals surface area contributed by atoms with E-state index in [2.05, 4.69) is 10.0 Å². The van der Waals surface area contributed by atoms with E-state index in [1.54, 1.807) is 11.0 Å². The highest BCUT2D eigenvalue weighted by atomic mass is 35.5. The average molecular weight is 417 g/mol. The molecule has 0 aromatic heterocycles. The van der Waals surface area contributed by atoms with Gasteiger partial charge in [-0.1, -0.05) is 29.3 Å². The molecule has 0 aliphatic carbocycles. The third-order valence-corrected chi connectivity index (χ3v) is 6.06. The third-order valence-electron chi connectivity index (χ3n) is 3.64. The van der Waals surface area contributed by atoms with Crippen LogP contribution in [-0.4, -0.2) is 51.4 Å². The van der Waals surface area contributed by atoms with Crippen LogP contribution in [0.1, 0.15) is 13.3 Å². The molecule has 1 aliphatic heterocycles. The average Bonchev–Trinajstić information content (AvgIpc) is 2.46. The lowest BCUT2D eigenvalue weighted by molar-refractivity contribution is -0.133. The van der Waals surface area contributed by atoms with Crippen LogP contribution in [0.15, 0.2) is 23.1 Å². The van der Waals surface area contributed by atoms with Gasteiger partial charge >= 0.3 is 0 Å². The molecule has 0 bridgehead atoms. The number of sulfonamides is 1. The molecular formula is C14H20Cl3N3O3S. The van der Waals surface area contributed by atoms with Crippen LogP contribution in [0.5, 0.6) is 0 Å². The normalized spacial score (nSPS) is 18.1. The quantitative estimate of drug-likeness (QED) is 0.768. The lowest BCUT2D eigenvalue weighted by atomic mass is 10.2. The minimum absolute atomic E-state index is 0. The summed E-state index contributed by atoms with van der Waals surface area (Å²) < 4.78 is 26.9. The first kappa shape index (κ1) is 21.5. The van der Waals surface area contributed by atoms with Gasteiger partial charge in [0.2, 0.25) is 15.9 Å². The molecule has 136 valence electrons. The van der Waals surface area contributed by atoms with E-state index >= 15 is 0 Å². The lowest BCUT2D eigenvalue weighted by Gasteiger charge is -2.34. The summed E-state index contributed by atoms with van der Waals surface area (Å²) in [7, 11) is -3.86. The van der Waals surface area contributed by atoms with Gasteiger partial charge in [0.05, 0.1) is 10.0 Å². The molecule has 24 heavy (non-hydrogen) atoms. The number of halogens is 3. The molecule has 1 atom stereocenters. The molecule has 1 aliphatic rings. The highest BCUT2D eigenvalue weighted by Crippen LogP contribution is 2.28. The summed E-state index contributed by atoms with van der Waals surface area (Å²) in [4.78, 5) is 13.8. The topological polar surface area (TPSA) is 78.5 Å². The number of nitrogens with zero attached hydrogens (tertiary/aromatic N) is 1. The number of carbonyl (C=O) groups excluding carboxylic acids is 1. The molecule has 10 heteroatoms. The molecule has 2 rings (SSSR count). The number of piperazine rings is 1. The van der Waals surface area contributed by atoms with E-state index in [0.29, 0.717) is 6.54 Å². The Balaban J connectivity index is 0.00000288. The molecule has 1 heterocycles. The minimum atomic E-state index is -3.86. The van der Waals surface area contributed by atoms with E-state index < -0.39 is 10.0 Å². The zero-order chi connectivity index (χ0) is 17.0. The summed E-state index contributed by atoms with van der Waals surface area (Å²) in [6.45, 7) is 4.07. The number of amides is 1. The number of carbonyl (C=O) groups is 1. The van der Waals surface area contributed by atoms with Gasteiger partial charge in [0, 0.05) is 38.6 Å². The van der Waals surface area contributed by atoms with Crippen molar-refractivity contribution in [2.45, 2.75) is 24.3 Å². The van der Waals surface area contributed by atoms with Crippen molar-refractivity contribution >= 4 is 51.5 Å². The monoisotopic (exact) mass is 415 g/mol. The zero-order valence-corrected chi connectivity index (χ0v) is 16.2. The summed E-state index contributed by atoms with van der Waals surface area (Å²) >= 11 is 11.8. The largest absolute Gasteiger partial charge is 0.337 e. The van der Waals surface area contributed by atoms with E-state index in [1.807, 2.05) is 6.92 Å². The highest BCUT2D eigenvalue weighted by molar-refractivity contribution is 7.89. The van der Waals surface area contributed by atoms with Crippen molar-refractivity contribution in [1.29, 1.82) is 0 Å². The Hall–Kier alpha value is -0.570. The van der Waals surface area contributed by atoms with Gasteiger partial charge in [0.15, 0.2) is 0 Å². The van der Waals surface area contributed by atoms with Gasteiger partial charge in [0.25, 0.3) is 0 Å². The van der Waals surface area contributed by atoms with Crippen LogP contribution in [0.3, 0.4) is 0 Å². The molecule has 0 saturated carbocycles. The predicted octanol–water partition coefficient (Wildman–Crippen LogP) is 1.90. The first-order valence-electron chi connectivity index (χ1n) is 7.27. The Kier molecular flexibility index (Phi) is 8.25. The second-order valence-corrected chi connectivity index (χ2v) is 7.86. The van der Waals surface area contributed by atoms with E-state index in [-0.39, 0.29) is 52.3 Å². The SMILES string of the molecule is CC1CNCCN1C(=O)CCNS(=O)(=O)c1c(Cl)cccc1Cl.Cl. The van der Waals surface area contributed by atoms with Gasteiger partial charge in [-0.15, -0.1) is 12.4 Å². The third kappa shape index (κ3) is 5.21. The van der Waals surface area contributed by atoms with Gasteiger partial charge in [-0.2, -0.15) is 0 Å². The Labute approximate surface area is 158 Å². The minimum Gasteiger partial charge on any atom is -0.337 e. The number of hydrogen-bond donors (Lipinski definition) is 2. The van der Waals surface area contributed by atoms with Gasteiger partial charge in [-0.25, -0.2) is 13.1 Å². The van der Waals surface area contributed by atoms with Crippen molar-refractivity contribution in [3.8, 4) is 0 Å². The second kappa shape index (κ2) is 9.22. The van der Waals surface area contributed by atoms with Crippen LogP contribution in [0.2, 0.25) is 10.0 Å². The van der Waals surface area contributed by atoms with Crippen molar-refractivity contribution in [2.24, 2.45) is 0 Å². The molecule has 1 unspecified atom stereocenters. The number of benzene rings is 1. The Bertz CT molecular complexity index is 665. The van der Waals surface area contributed by atoms with Crippen molar-refractivity contribution in [3.63, 3.8) is 0 Å². The number of rotatable bonds is 5. The van der Waals surface area contributed by atoms with Gasteiger partial charge in [0.1, 0.15) is 4.90 Å². The number of hydrogen-bond acceptors (Lipinski definition) is 4. The van der Waals surface area contributed by atoms with Crippen molar-refractivity contribution in [3.05, 3.63) is 28.2 Å². The number of nitrogens with one attached hydrogen (secondary N) is 2. The predicted molar refractivity (Wildman–Crippen MR) is 97.6 cm³/mol. The Morgan fingerprint density at radius 1 is 1.38 bits per heavy atom. The molecule has 2 N–H and O–H groups in total. The molecule has 6 nitrogen and oxygen atoms in total. The molecular weight excluding hydrogens is 397 g/mol. The maximum atomic E-state index is 12.3. The second-order valence-electron chi connectivity index (χ2n) is 5.34. The Morgan fingerprint density at radius 3 is 2.58 bits per heavy atom. The van der Waals surface area contributed by atoms with Crippen LogP contribution in [-0.2, 0) is 14.8 Å². The molecule has 1 aromatic carbocycles. The standard InChI is InChI=1S/C14H19Cl2N3O3S.ClH/c1-10-9-17-7-8-19(10)13(20)5-6-18-23(21,22)14-11(15)3-2-4-12(14)16;/h2-4,10,17-18H,5-9H2,1H3;1H. The van der Waals surface area contributed by atoms with Crippen molar-refractivity contribution in [2.75, 3.05) is 26.2 Å². The summed E-state index contributed by atoms with van der Waals surface area (Å²) in [5, 5.41) is 3.30. The molecule has 1 saturated heterocycles. The maximum absolute atomic E-state index is 12.3. The van der Waals surface area contributed by atoms with Gasteiger partial charge in [-0.05, 0) is 19.1 Å². The molecule has 1 amide bonds. The molecule has 1 aromatic rings. The van der Waals surface area contributed by atoms with E-state index in [0.717, 1.165) is 13.1 Å². The molecule has 1 fully saturated rings. The van der Waals surface area contributed by atoms with Crippen molar-refractivity contribution in [1.82, 2.24) is 14.9 Å². The molecule has 0 spiro atoms. The zero-order valence-electron chi connectivity index (χ0n) is 13.1. The van der Waals surface area contributed by atoms with E-state index in [4.69, 9.17) is 23.2 Å². The Morgan fingerprint density at radius 2 is 2.00 bits per heavy atom. The maximum Gasteiger partial charge on any atom is 0.243 e. The molecule has 0 radical (unpaired) electrons. The smallest absolute Gasteiger partial charge is 0.243 e. The van der Waals surface area contributed by atoms with Crippen molar-refractivity contribution < 1.29 is 13.2 Å². The van der Waals surface area contributed by atoms with E-state index in [1.165, 1.54) is 12.1 Å². The van der Waals surface area contributed by atoms with Gasteiger partial charge < -0.3 is 10.2 Å². The fourth-order valence-electron chi connectivity index (χ4n) is 2.46. The summed E-state index contributed by atoms with van der Waals surface area (Å²) in [6, 6.07) is 4.58. The highest BCUT2D eigenvalue weighted by Gasteiger charge is 2.24. The summed E-state index contributed by atoms with van der Waals surface area (Å²) in [5.41, 5.74) is 0. The first-order valence-corrected chi connectivity index (χ1v) is 9.50. The fourth-order valence-corrected chi connectivity index (χ4v) is 4.63. The van der Waals surface area contributed by atoms with Gasteiger partial charge in [-0.3, -0.25) is 4.79 Å². The first-order chi connectivity index (χ1) is 10.8. The summed E-state index contributed by atoms with van der Waals surface area (Å²) in [5.74, 6) is -0.0769. The summed E-state index contributed by atoms with van der Waals surface area (Å²) in [6.07, 6.45) is 0.0889. The fraction of sp³-hybridized carbons (Fsp3) is 0.500.